The third-order valence-electron chi connectivity index (χ3n) is 3.12. The second-order valence-electron chi connectivity index (χ2n) is 4.93. The van der Waals surface area contributed by atoms with Gasteiger partial charge < -0.3 is 0 Å². The third kappa shape index (κ3) is 4.98. The van der Waals surface area contributed by atoms with Crippen LogP contribution in [-0.4, -0.2) is 6.18 Å². The average molecular weight is 350 g/mol. The minimum atomic E-state index is -5.23. The molecule has 1 aromatic carbocycles. The summed E-state index contributed by atoms with van der Waals surface area (Å²) >= 11 is 0. The molecule has 0 aliphatic heterocycles. The van der Waals surface area contributed by atoms with Crippen LogP contribution in [0.3, 0.4) is 0 Å². The minimum Gasteiger partial charge on any atom is -0.202 e. The highest BCUT2D eigenvalue weighted by Crippen LogP contribution is 2.33. The quantitative estimate of drug-likeness (QED) is 0.711. The Hall–Kier alpha value is -2.55. The molecule has 1 aromatic rings. The zero-order valence-electron chi connectivity index (χ0n) is 11.8. The molecule has 0 radical (unpaired) electrons. The summed E-state index contributed by atoms with van der Waals surface area (Å²) in [5, 5.41) is 18.1. The van der Waals surface area contributed by atoms with Crippen LogP contribution in [0.25, 0.3) is 0 Å². The van der Waals surface area contributed by atoms with Gasteiger partial charge in [-0.15, -0.1) is 0 Å². The Balaban J connectivity index is 3.02. The van der Waals surface area contributed by atoms with Gasteiger partial charge in [0.05, 0.1) is 17.7 Å². The van der Waals surface area contributed by atoms with Crippen LogP contribution in [0.15, 0.2) is 36.2 Å². The van der Waals surface area contributed by atoms with Crippen LogP contribution < -0.4 is 0 Å². The highest BCUT2D eigenvalue weighted by molar-refractivity contribution is 5.29. The molecule has 2 nitrogen and oxygen atoms in total. The van der Waals surface area contributed by atoms with Gasteiger partial charge in [0.15, 0.2) is 11.2 Å². The lowest BCUT2D eigenvalue weighted by Crippen LogP contribution is -2.20. The van der Waals surface area contributed by atoms with Gasteiger partial charge in [0.2, 0.25) is 0 Å². The summed E-state index contributed by atoms with van der Waals surface area (Å²) in [4.78, 5) is 0. The van der Waals surface area contributed by atoms with E-state index in [-0.39, 0.29) is 11.6 Å². The predicted octanol–water partition coefficient (Wildman–Crippen LogP) is 5.09. The van der Waals surface area contributed by atoms with E-state index in [1.807, 2.05) is 0 Å². The molecule has 0 fully saturated rings. The fourth-order valence-electron chi connectivity index (χ4n) is 1.81. The maximum Gasteiger partial charge on any atom is 0.442 e. The van der Waals surface area contributed by atoms with Crippen molar-refractivity contribution in [2.24, 2.45) is 5.41 Å². The van der Waals surface area contributed by atoms with Crippen molar-refractivity contribution >= 4 is 0 Å². The number of allylic oxidation sites excluding steroid dienone is 2. The normalized spacial score (nSPS) is 13.3. The van der Waals surface area contributed by atoms with E-state index in [9.17, 15) is 30.7 Å². The summed E-state index contributed by atoms with van der Waals surface area (Å²) in [7, 11) is 0. The highest BCUT2D eigenvalue weighted by Gasteiger charge is 2.37. The van der Waals surface area contributed by atoms with Crippen molar-refractivity contribution < 1.29 is 30.7 Å². The van der Waals surface area contributed by atoms with E-state index in [1.54, 1.807) is 0 Å². The lowest BCUT2D eigenvalue weighted by molar-refractivity contribution is -0.137. The number of hydrogen-bond donors (Lipinski definition) is 0. The van der Waals surface area contributed by atoms with Crippen molar-refractivity contribution in [3.8, 4) is 12.1 Å². The smallest absolute Gasteiger partial charge is 0.202 e. The van der Waals surface area contributed by atoms with Crippen molar-refractivity contribution in [1.82, 2.24) is 0 Å². The molecule has 0 bridgehead atoms. The number of nitriles is 2. The van der Waals surface area contributed by atoms with Gasteiger partial charge in [-0.2, -0.15) is 36.9 Å². The topological polar surface area (TPSA) is 47.6 Å². The molecular formula is C15H9F7N2. The van der Waals surface area contributed by atoms with E-state index in [2.05, 4.69) is 0 Å². The molecule has 0 aliphatic rings. The molecule has 0 saturated heterocycles. The molecule has 9 heteroatoms. The summed E-state index contributed by atoms with van der Waals surface area (Å²) in [5.41, 5.74) is -2.84. The molecule has 0 aliphatic carbocycles. The van der Waals surface area contributed by atoms with Crippen molar-refractivity contribution in [2.45, 2.75) is 25.2 Å². The monoisotopic (exact) mass is 350 g/mol. The number of nitrogens with zero attached hydrogens (tertiary/aromatic N) is 2. The molecule has 0 heterocycles. The Labute approximate surface area is 132 Å². The van der Waals surface area contributed by atoms with Crippen LogP contribution in [0.5, 0.6) is 0 Å². The Kier molecular flexibility index (Phi) is 5.62. The highest BCUT2D eigenvalue weighted by atomic mass is 19.4. The fourth-order valence-corrected chi connectivity index (χ4v) is 1.81. The molecule has 1 rings (SSSR count). The first-order valence-corrected chi connectivity index (χ1v) is 6.35. The molecule has 0 aromatic heterocycles. The van der Waals surface area contributed by atoms with Crippen molar-refractivity contribution in [3.05, 3.63) is 47.3 Å². The van der Waals surface area contributed by atoms with Gasteiger partial charge >= 0.3 is 12.4 Å². The summed E-state index contributed by atoms with van der Waals surface area (Å²) in [6, 6.07) is 6.47. The van der Waals surface area contributed by atoms with E-state index in [4.69, 9.17) is 10.5 Å². The van der Waals surface area contributed by atoms with Crippen molar-refractivity contribution in [2.75, 3.05) is 0 Å². The molecule has 0 spiro atoms. The molecule has 0 unspecified atom stereocenters. The Morgan fingerprint density at radius 2 is 1.46 bits per heavy atom. The van der Waals surface area contributed by atoms with E-state index in [0.717, 1.165) is 24.3 Å². The molecule has 0 saturated carbocycles. The molecule has 128 valence electrons. The number of alkyl halides is 6. The second kappa shape index (κ2) is 6.91. The summed E-state index contributed by atoms with van der Waals surface area (Å²) in [6.07, 6.45) is -11.0. The van der Waals surface area contributed by atoms with Gasteiger partial charge in [-0.25, -0.2) is 4.39 Å². The molecular weight excluding hydrogens is 341 g/mol. The van der Waals surface area contributed by atoms with E-state index in [0.29, 0.717) is 0 Å². The number of rotatable bonds is 4. The van der Waals surface area contributed by atoms with Crippen LogP contribution in [0.4, 0.5) is 30.7 Å². The first-order chi connectivity index (χ1) is 10.9. The largest absolute Gasteiger partial charge is 0.442 e. The third-order valence-corrected chi connectivity index (χ3v) is 3.12. The van der Waals surface area contributed by atoms with Crippen LogP contribution in [0, 0.1) is 28.1 Å². The Bertz CT molecular complexity index is 671. The van der Waals surface area contributed by atoms with Gasteiger partial charge in [-0.1, -0.05) is 12.1 Å². The van der Waals surface area contributed by atoms with E-state index < -0.39 is 42.0 Å². The Morgan fingerprint density at radius 3 is 1.83 bits per heavy atom. The SMILES string of the molecule is N#CC(C#N)(CC=C(F)C(F)(F)F)Cc1ccc(C(F)(F)F)cc1. The van der Waals surface area contributed by atoms with Gasteiger partial charge in [0.1, 0.15) is 0 Å². The first-order valence-electron chi connectivity index (χ1n) is 6.35. The minimum absolute atomic E-state index is 0.0799. The van der Waals surface area contributed by atoms with Gasteiger partial charge in [-0.05, 0) is 23.8 Å². The van der Waals surface area contributed by atoms with E-state index >= 15 is 0 Å². The zero-order chi connectivity index (χ0) is 18.6. The molecule has 0 amide bonds. The maximum atomic E-state index is 12.8. The second-order valence-corrected chi connectivity index (χ2v) is 4.93. The zero-order valence-corrected chi connectivity index (χ0v) is 11.8. The lowest BCUT2D eigenvalue weighted by atomic mass is 9.81. The van der Waals surface area contributed by atoms with Crippen molar-refractivity contribution in [1.29, 1.82) is 10.5 Å². The van der Waals surface area contributed by atoms with Crippen molar-refractivity contribution in [3.63, 3.8) is 0 Å². The standard InChI is InChI=1S/C15H9F7N2/c16-12(15(20,21)22)5-6-13(8-23,9-24)7-10-1-3-11(4-2-10)14(17,18)19/h1-5H,6-7H2. The van der Waals surface area contributed by atoms with Gasteiger partial charge in [0, 0.05) is 12.8 Å². The predicted molar refractivity (Wildman–Crippen MR) is 68.7 cm³/mol. The number of hydrogen-bond acceptors (Lipinski definition) is 2. The lowest BCUT2D eigenvalue weighted by Gasteiger charge is -2.17. The van der Waals surface area contributed by atoms with Crippen LogP contribution in [-0.2, 0) is 12.6 Å². The molecule has 0 atom stereocenters. The number of halogens is 7. The van der Waals surface area contributed by atoms with Crippen LogP contribution >= 0.6 is 0 Å². The molecule has 0 N–H and O–H groups in total. The summed E-state index contributed by atoms with van der Waals surface area (Å²) < 4.78 is 86.5. The number of benzene rings is 1. The average Bonchev–Trinajstić information content (AvgIpc) is 2.50. The fraction of sp³-hybridized carbons (Fsp3) is 0.333. The molecule has 24 heavy (non-hydrogen) atoms. The van der Waals surface area contributed by atoms with E-state index in [1.165, 1.54) is 12.1 Å². The van der Waals surface area contributed by atoms with Gasteiger partial charge in [-0.3, -0.25) is 0 Å². The van der Waals surface area contributed by atoms with Crippen LogP contribution in [0.2, 0.25) is 0 Å². The first kappa shape index (κ1) is 19.5. The Morgan fingerprint density at radius 1 is 0.958 bits per heavy atom. The maximum absolute atomic E-state index is 12.8. The summed E-state index contributed by atoms with van der Waals surface area (Å²) in [5.74, 6) is -2.44. The van der Waals surface area contributed by atoms with Gasteiger partial charge in [0.25, 0.3) is 0 Å². The summed E-state index contributed by atoms with van der Waals surface area (Å²) in [6.45, 7) is 0. The van der Waals surface area contributed by atoms with Crippen LogP contribution in [0.1, 0.15) is 17.5 Å².